The molecule has 4 aliphatic carbocycles. The summed E-state index contributed by atoms with van der Waals surface area (Å²) in [6.07, 6.45) is 9.30. The average molecular weight is 314 g/mol. The van der Waals surface area contributed by atoms with Gasteiger partial charge in [0, 0.05) is 23.7 Å². The number of Topliss-reactive ketones (excluding diaryl/α,β-unsaturated/α-hetero) is 2. The lowest BCUT2D eigenvalue weighted by Crippen LogP contribution is -2.52. The molecule has 0 saturated heterocycles. The Hall–Kier alpha value is -1.22. The van der Waals surface area contributed by atoms with E-state index in [1.807, 2.05) is 6.92 Å². The van der Waals surface area contributed by atoms with Crippen molar-refractivity contribution in [1.29, 1.82) is 0 Å². The number of hydrogen-bond donors (Lipinski definition) is 1. The van der Waals surface area contributed by atoms with E-state index in [4.69, 9.17) is 0 Å². The van der Waals surface area contributed by atoms with Crippen molar-refractivity contribution in [3.8, 4) is 0 Å². The molecule has 23 heavy (non-hydrogen) atoms. The first-order chi connectivity index (χ1) is 10.9. The van der Waals surface area contributed by atoms with Crippen LogP contribution in [0.4, 0.5) is 0 Å². The van der Waals surface area contributed by atoms with Gasteiger partial charge in [-0.3, -0.25) is 9.59 Å². The van der Waals surface area contributed by atoms with Gasteiger partial charge in [-0.15, -0.1) is 0 Å². The maximum Gasteiger partial charge on any atom is 0.158 e. The van der Waals surface area contributed by atoms with E-state index in [2.05, 4.69) is 19.1 Å². The first-order valence-corrected chi connectivity index (χ1v) is 9.01. The SMILES string of the molecule is CC1=C2C=C[C@@H]3[C@H](CC[C@]4(C)C(=O)CC[C@@H]34)[C@@]2(CO)CCC1=O. The van der Waals surface area contributed by atoms with Crippen molar-refractivity contribution in [3.05, 3.63) is 23.3 Å². The molecule has 0 heterocycles. The van der Waals surface area contributed by atoms with E-state index in [0.29, 0.717) is 36.4 Å². The fourth-order valence-corrected chi connectivity index (χ4v) is 6.23. The number of allylic oxidation sites excluding steroid dienone is 3. The molecular formula is C20H26O3. The Kier molecular flexibility index (Phi) is 3.26. The number of aliphatic hydroxyl groups is 1. The highest BCUT2D eigenvalue weighted by Gasteiger charge is 2.59. The Morgan fingerprint density at radius 3 is 2.70 bits per heavy atom. The summed E-state index contributed by atoms with van der Waals surface area (Å²) in [5, 5.41) is 10.3. The second-order valence-electron chi connectivity index (χ2n) is 8.34. The topological polar surface area (TPSA) is 54.4 Å². The van der Waals surface area contributed by atoms with E-state index in [1.165, 1.54) is 0 Å². The predicted octanol–water partition coefficient (Wildman–Crippen LogP) is 3.23. The summed E-state index contributed by atoms with van der Waals surface area (Å²) in [5.41, 5.74) is 1.49. The van der Waals surface area contributed by atoms with E-state index in [-0.39, 0.29) is 23.2 Å². The van der Waals surface area contributed by atoms with Gasteiger partial charge in [-0.1, -0.05) is 19.1 Å². The van der Waals surface area contributed by atoms with Gasteiger partial charge in [0.15, 0.2) is 5.78 Å². The molecule has 124 valence electrons. The number of ketones is 2. The monoisotopic (exact) mass is 314 g/mol. The Morgan fingerprint density at radius 2 is 1.96 bits per heavy atom. The van der Waals surface area contributed by atoms with Crippen LogP contribution in [-0.4, -0.2) is 23.3 Å². The van der Waals surface area contributed by atoms with Crippen LogP contribution in [0, 0.1) is 28.6 Å². The van der Waals surface area contributed by atoms with Crippen molar-refractivity contribution in [3.63, 3.8) is 0 Å². The lowest BCUT2D eigenvalue weighted by atomic mass is 9.48. The molecule has 4 rings (SSSR count). The molecule has 0 spiro atoms. The quantitative estimate of drug-likeness (QED) is 0.808. The van der Waals surface area contributed by atoms with Crippen LogP contribution in [0.5, 0.6) is 0 Å². The molecule has 3 nitrogen and oxygen atoms in total. The molecule has 0 radical (unpaired) electrons. The molecule has 0 aromatic rings. The highest BCUT2D eigenvalue weighted by molar-refractivity contribution is 5.97. The highest BCUT2D eigenvalue weighted by atomic mass is 16.3. The van der Waals surface area contributed by atoms with Crippen LogP contribution in [0.3, 0.4) is 0 Å². The molecule has 1 N–H and O–H groups in total. The first-order valence-electron chi connectivity index (χ1n) is 9.01. The van der Waals surface area contributed by atoms with Crippen LogP contribution in [-0.2, 0) is 9.59 Å². The van der Waals surface area contributed by atoms with Gasteiger partial charge in [0.2, 0.25) is 0 Å². The number of rotatable bonds is 1. The zero-order valence-corrected chi connectivity index (χ0v) is 14.1. The van der Waals surface area contributed by atoms with Gasteiger partial charge in [-0.05, 0) is 61.5 Å². The summed E-state index contributed by atoms with van der Waals surface area (Å²) in [4.78, 5) is 24.5. The minimum atomic E-state index is -0.260. The maximum absolute atomic E-state index is 12.4. The number of fused-ring (bicyclic) bond motifs is 5. The van der Waals surface area contributed by atoms with Crippen molar-refractivity contribution >= 4 is 11.6 Å². The van der Waals surface area contributed by atoms with E-state index >= 15 is 0 Å². The molecular weight excluding hydrogens is 288 g/mol. The normalized spacial score (nSPS) is 45.8. The Labute approximate surface area is 137 Å². The smallest absolute Gasteiger partial charge is 0.158 e. The Balaban J connectivity index is 1.82. The fourth-order valence-electron chi connectivity index (χ4n) is 6.23. The van der Waals surface area contributed by atoms with Gasteiger partial charge in [-0.2, -0.15) is 0 Å². The van der Waals surface area contributed by atoms with Crippen molar-refractivity contribution in [2.45, 2.75) is 52.4 Å². The second kappa shape index (κ2) is 4.89. The van der Waals surface area contributed by atoms with Gasteiger partial charge in [0.05, 0.1) is 6.61 Å². The van der Waals surface area contributed by atoms with Gasteiger partial charge < -0.3 is 5.11 Å². The Bertz CT molecular complexity index is 643. The molecule has 0 aliphatic heterocycles. The molecule has 2 fully saturated rings. The molecule has 4 aliphatic rings. The number of carbonyl (C=O) groups excluding carboxylic acids is 2. The predicted molar refractivity (Wildman–Crippen MR) is 87.7 cm³/mol. The summed E-state index contributed by atoms with van der Waals surface area (Å²) in [6, 6.07) is 0. The van der Waals surface area contributed by atoms with Crippen LogP contribution >= 0.6 is 0 Å². The molecule has 0 unspecified atom stereocenters. The third-order valence-electron chi connectivity index (χ3n) is 7.68. The van der Waals surface area contributed by atoms with Crippen LogP contribution in [0.25, 0.3) is 0 Å². The number of aliphatic hydroxyl groups excluding tert-OH is 1. The average Bonchev–Trinajstić information content (AvgIpc) is 2.86. The van der Waals surface area contributed by atoms with Crippen molar-refractivity contribution in [2.24, 2.45) is 28.6 Å². The summed E-state index contributed by atoms with van der Waals surface area (Å²) in [5.74, 6) is 1.82. The summed E-state index contributed by atoms with van der Waals surface area (Å²) < 4.78 is 0. The largest absolute Gasteiger partial charge is 0.395 e. The minimum Gasteiger partial charge on any atom is -0.395 e. The molecule has 0 aromatic carbocycles. The van der Waals surface area contributed by atoms with E-state index in [1.54, 1.807) is 0 Å². The third-order valence-corrected chi connectivity index (χ3v) is 7.68. The molecule has 2 saturated carbocycles. The Morgan fingerprint density at radius 1 is 1.17 bits per heavy atom. The zero-order valence-electron chi connectivity index (χ0n) is 14.1. The summed E-state index contributed by atoms with van der Waals surface area (Å²) >= 11 is 0. The lowest BCUT2D eigenvalue weighted by Gasteiger charge is -2.55. The number of hydrogen-bond acceptors (Lipinski definition) is 3. The van der Waals surface area contributed by atoms with Crippen LogP contribution in [0.2, 0.25) is 0 Å². The number of carbonyl (C=O) groups is 2. The van der Waals surface area contributed by atoms with Crippen molar-refractivity contribution < 1.29 is 14.7 Å². The molecule has 0 aromatic heterocycles. The minimum absolute atomic E-state index is 0.121. The van der Waals surface area contributed by atoms with E-state index < -0.39 is 0 Å². The summed E-state index contributed by atoms with van der Waals surface area (Å²) in [6.45, 7) is 4.19. The third kappa shape index (κ3) is 1.80. The first kappa shape index (κ1) is 15.3. The van der Waals surface area contributed by atoms with E-state index in [9.17, 15) is 14.7 Å². The fraction of sp³-hybridized carbons (Fsp3) is 0.700. The van der Waals surface area contributed by atoms with Crippen LogP contribution in [0.1, 0.15) is 52.4 Å². The van der Waals surface area contributed by atoms with E-state index in [0.717, 1.165) is 36.8 Å². The van der Waals surface area contributed by atoms with Crippen LogP contribution in [0.15, 0.2) is 23.3 Å². The standard InChI is InChI=1S/C20H26O3/c1-12-14-4-3-13-15-5-6-18(23)19(15,2)9-7-16(13)20(14,11-21)10-8-17(12)22/h3-4,13,15-16,21H,5-11H2,1-2H3/t13-,15-,16-,19-,20+/m0/s1. The highest BCUT2D eigenvalue weighted by Crippen LogP contribution is 2.63. The summed E-state index contributed by atoms with van der Waals surface area (Å²) in [7, 11) is 0. The van der Waals surface area contributed by atoms with Crippen molar-refractivity contribution in [2.75, 3.05) is 6.61 Å². The van der Waals surface area contributed by atoms with Gasteiger partial charge in [-0.25, -0.2) is 0 Å². The van der Waals surface area contributed by atoms with Gasteiger partial charge in [0.25, 0.3) is 0 Å². The lowest BCUT2D eigenvalue weighted by molar-refractivity contribution is -0.131. The second-order valence-corrected chi connectivity index (χ2v) is 8.34. The zero-order chi connectivity index (χ0) is 16.4. The van der Waals surface area contributed by atoms with Crippen molar-refractivity contribution in [1.82, 2.24) is 0 Å². The van der Waals surface area contributed by atoms with Gasteiger partial charge >= 0.3 is 0 Å². The van der Waals surface area contributed by atoms with Gasteiger partial charge in [0.1, 0.15) is 5.78 Å². The molecule has 3 heteroatoms. The van der Waals surface area contributed by atoms with Crippen LogP contribution < -0.4 is 0 Å². The molecule has 0 bridgehead atoms. The molecule has 5 atom stereocenters. The molecule has 0 amide bonds. The maximum atomic E-state index is 12.4.